The number of benzene rings is 1. The normalized spacial score (nSPS) is 18.4. The van der Waals surface area contributed by atoms with Crippen molar-refractivity contribution in [1.82, 2.24) is 5.32 Å². The number of nitrogens with two attached hydrogens (primary N) is 1. The lowest BCUT2D eigenvalue weighted by Gasteiger charge is -2.33. The van der Waals surface area contributed by atoms with Crippen molar-refractivity contribution in [2.45, 2.75) is 19.3 Å². The second-order valence-corrected chi connectivity index (χ2v) is 5.12. The number of nitrogens with zero attached hydrogens (tertiary/aromatic N) is 2. The van der Waals surface area contributed by atoms with Crippen LogP contribution in [0.3, 0.4) is 0 Å². The van der Waals surface area contributed by atoms with E-state index in [4.69, 9.17) is 11.0 Å². The van der Waals surface area contributed by atoms with Crippen molar-refractivity contribution < 1.29 is 4.79 Å². The lowest BCUT2D eigenvalue weighted by Crippen LogP contribution is -2.42. The Morgan fingerprint density at radius 1 is 1.60 bits per heavy atom. The minimum absolute atomic E-state index is 0.0331. The van der Waals surface area contributed by atoms with E-state index >= 15 is 0 Å². The molecule has 0 aliphatic carbocycles. The van der Waals surface area contributed by atoms with Gasteiger partial charge in [-0.3, -0.25) is 4.79 Å². The maximum atomic E-state index is 11.8. The third-order valence-electron chi connectivity index (χ3n) is 3.80. The highest BCUT2D eigenvalue weighted by Gasteiger charge is 2.25. The zero-order chi connectivity index (χ0) is 14.5. The van der Waals surface area contributed by atoms with E-state index in [1.807, 2.05) is 18.2 Å². The molecule has 1 fully saturated rings. The fourth-order valence-corrected chi connectivity index (χ4v) is 2.66. The van der Waals surface area contributed by atoms with Gasteiger partial charge in [0.25, 0.3) is 0 Å². The molecule has 2 rings (SSSR count). The van der Waals surface area contributed by atoms with E-state index in [0.29, 0.717) is 12.1 Å². The molecule has 0 aromatic heterocycles. The van der Waals surface area contributed by atoms with Gasteiger partial charge in [0.1, 0.15) is 0 Å². The molecule has 0 spiro atoms. The standard InChI is InChI=1S/C15H20N4O/c1-18-15(20)12-3-2-8-19(10-12)13-4-5-14(17)11(9-13)6-7-16/h4-5,9,12H,2-3,6,8,10,17H2,1H3,(H,18,20). The summed E-state index contributed by atoms with van der Waals surface area (Å²) >= 11 is 0. The summed E-state index contributed by atoms with van der Waals surface area (Å²) in [6, 6.07) is 7.89. The van der Waals surface area contributed by atoms with Gasteiger partial charge in [-0.25, -0.2) is 0 Å². The number of nitriles is 1. The van der Waals surface area contributed by atoms with Gasteiger partial charge in [0, 0.05) is 31.5 Å². The number of rotatable bonds is 3. The summed E-state index contributed by atoms with van der Waals surface area (Å²) in [7, 11) is 1.68. The van der Waals surface area contributed by atoms with Gasteiger partial charge < -0.3 is 16.0 Å². The van der Waals surface area contributed by atoms with E-state index < -0.39 is 0 Å². The van der Waals surface area contributed by atoms with Crippen molar-refractivity contribution in [3.63, 3.8) is 0 Å². The molecule has 1 heterocycles. The molecule has 1 unspecified atom stereocenters. The Morgan fingerprint density at radius 2 is 2.40 bits per heavy atom. The molecule has 106 valence electrons. The van der Waals surface area contributed by atoms with Crippen LogP contribution in [0.15, 0.2) is 18.2 Å². The number of amides is 1. The molecule has 1 amide bonds. The highest BCUT2D eigenvalue weighted by atomic mass is 16.1. The first kappa shape index (κ1) is 14.2. The molecule has 1 atom stereocenters. The molecule has 5 heteroatoms. The second kappa shape index (κ2) is 6.29. The molecule has 1 saturated heterocycles. The van der Waals surface area contributed by atoms with Crippen LogP contribution in [-0.4, -0.2) is 26.0 Å². The highest BCUT2D eigenvalue weighted by molar-refractivity contribution is 5.79. The minimum atomic E-state index is 0.0331. The molecule has 1 aliphatic rings. The van der Waals surface area contributed by atoms with Gasteiger partial charge in [-0.15, -0.1) is 0 Å². The van der Waals surface area contributed by atoms with Crippen LogP contribution < -0.4 is 16.0 Å². The van der Waals surface area contributed by atoms with E-state index in [0.717, 1.165) is 37.2 Å². The largest absolute Gasteiger partial charge is 0.398 e. The Hall–Kier alpha value is -2.22. The van der Waals surface area contributed by atoms with E-state index in [1.54, 1.807) is 7.05 Å². The third kappa shape index (κ3) is 3.02. The third-order valence-corrected chi connectivity index (χ3v) is 3.80. The number of anilines is 2. The molecule has 0 radical (unpaired) electrons. The zero-order valence-corrected chi connectivity index (χ0v) is 11.7. The first-order chi connectivity index (χ1) is 9.65. The molecule has 0 bridgehead atoms. The summed E-state index contributed by atoms with van der Waals surface area (Å²) in [4.78, 5) is 14.0. The van der Waals surface area contributed by atoms with Gasteiger partial charge >= 0.3 is 0 Å². The van der Waals surface area contributed by atoms with E-state index in [9.17, 15) is 4.79 Å². The maximum Gasteiger partial charge on any atom is 0.224 e. The van der Waals surface area contributed by atoms with Crippen molar-refractivity contribution in [2.75, 3.05) is 30.8 Å². The summed E-state index contributed by atoms with van der Waals surface area (Å²) in [5.74, 6) is 0.133. The van der Waals surface area contributed by atoms with E-state index in [-0.39, 0.29) is 11.8 Å². The summed E-state index contributed by atoms with van der Waals surface area (Å²) < 4.78 is 0. The maximum absolute atomic E-state index is 11.8. The van der Waals surface area contributed by atoms with Crippen molar-refractivity contribution in [1.29, 1.82) is 5.26 Å². The average molecular weight is 272 g/mol. The van der Waals surface area contributed by atoms with Gasteiger partial charge in [-0.2, -0.15) is 5.26 Å². The lowest BCUT2D eigenvalue weighted by atomic mass is 9.96. The fourth-order valence-electron chi connectivity index (χ4n) is 2.66. The van der Waals surface area contributed by atoms with Crippen molar-refractivity contribution in [3.05, 3.63) is 23.8 Å². The highest BCUT2D eigenvalue weighted by Crippen LogP contribution is 2.26. The number of nitrogens with one attached hydrogen (secondary N) is 1. The lowest BCUT2D eigenvalue weighted by molar-refractivity contribution is -0.124. The Kier molecular flexibility index (Phi) is 4.46. The number of hydrogen-bond donors (Lipinski definition) is 2. The Labute approximate surface area is 119 Å². The van der Waals surface area contributed by atoms with Crippen molar-refractivity contribution >= 4 is 17.3 Å². The van der Waals surface area contributed by atoms with E-state index in [1.165, 1.54) is 0 Å². The molecular formula is C15H20N4O. The molecule has 1 aromatic rings. The average Bonchev–Trinajstić information content (AvgIpc) is 2.49. The van der Waals surface area contributed by atoms with Gasteiger partial charge in [0.15, 0.2) is 0 Å². The molecule has 0 saturated carbocycles. The topological polar surface area (TPSA) is 82.2 Å². The van der Waals surface area contributed by atoms with Crippen LogP contribution in [0.5, 0.6) is 0 Å². The first-order valence-corrected chi connectivity index (χ1v) is 6.87. The van der Waals surface area contributed by atoms with Gasteiger partial charge in [-0.1, -0.05) is 0 Å². The number of carbonyl (C=O) groups is 1. The van der Waals surface area contributed by atoms with Crippen LogP contribution in [0.4, 0.5) is 11.4 Å². The summed E-state index contributed by atoms with van der Waals surface area (Å²) in [5.41, 5.74) is 8.41. The van der Waals surface area contributed by atoms with Crippen LogP contribution in [0.25, 0.3) is 0 Å². The van der Waals surface area contributed by atoms with Gasteiger partial charge in [-0.05, 0) is 36.6 Å². The smallest absolute Gasteiger partial charge is 0.224 e. The van der Waals surface area contributed by atoms with Gasteiger partial charge in [0.2, 0.25) is 5.91 Å². The Balaban J connectivity index is 2.17. The number of carbonyl (C=O) groups excluding carboxylic acids is 1. The SMILES string of the molecule is CNC(=O)C1CCCN(c2ccc(N)c(CC#N)c2)C1. The fraction of sp³-hybridized carbons (Fsp3) is 0.467. The van der Waals surface area contributed by atoms with Crippen LogP contribution >= 0.6 is 0 Å². The molecule has 1 aliphatic heterocycles. The quantitative estimate of drug-likeness (QED) is 0.812. The molecule has 20 heavy (non-hydrogen) atoms. The summed E-state index contributed by atoms with van der Waals surface area (Å²) in [6.45, 7) is 1.65. The van der Waals surface area contributed by atoms with Crippen LogP contribution in [0, 0.1) is 17.2 Å². The van der Waals surface area contributed by atoms with Crippen LogP contribution in [-0.2, 0) is 11.2 Å². The van der Waals surface area contributed by atoms with E-state index in [2.05, 4.69) is 16.3 Å². The number of nitrogen functional groups attached to an aromatic ring is 1. The minimum Gasteiger partial charge on any atom is -0.398 e. The zero-order valence-electron chi connectivity index (χ0n) is 11.7. The Bertz CT molecular complexity index is 535. The van der Waals surface area contributed by atoms with Crippen LogP contribution in [0.2, 0.25) is 0 Å². The van der Waals surface area contributed by atoms with Crippen molar-refractivity contribution in [3.8, 4) is 6.07 Å². The van der Waals surface area contributed by atoms with Gasteiger partial charge in [0.05, 0.1) is 18.4 Å². The summed E-state index contributed by atoms with van der Waals surface area (Å²) in [5, 5.41) is 11.5. The molecule has 1 aromatic carbocycles. The summed E-state index contributed by atoms with van der Waals surface area (Å²) in [6.07, 6.45) is 2.23. The molecule has 3 N–H and O–H groups in total. The van der Waals surface area contributed by atoms with Crippen LogP contribution in [0.1, 0.15) is 18.4 Å². The van der Waals surface area contributed by atoms with Crippen molar-refractivity contribution in [2.24, 2.45) is 5.92 Å². The molecular weight excluding hydrogens is 252 g/mol. The Morgan fingerprint density at radius 3 is 3.10 bits per heavy atom. The predicted octanol–water partition coefficient (Wildman–Crippen LogP) is 1.30. The monoisotopic (exact) mass is 272 g/mol. The predicted molar refractivity (Wildman–Crippen MR) is 79.2 cm³/mol. The number of piperidine rings is 1. The molecule has 5 nitrogen and oxygen atoms in total. The number of hydrogen-bond acceptors (Lipinski definition) is 4. The second-order valence-electron chi connectivity index (χ2n) is 5.12. The first-order valence-electron chi connectivity index (χ1n) is 6.87.